The molecular formula is C7H6BrClFN. The molecule has 1 rings (SSSR count). The van der Waals surface area contributed by atoms with Crippen molar-refractivity contribution in [1.29, 1.82) is 0 Å². The van der Waals surface area contributed by atoms with Crippen LogP contribution in [0.3, 0.4) is 0 Å². The van der Waals surface area contributed by atoms with E-state index in [1.807, 2.05) is 0 Å². The van der Waals surface area contributed by atoms with E-state index in [2.05, 4.69) is 15.9 Å². The number of rotatable bonds is 1. The van der Waals surface area contributed by atoms with Gasteiger partial charge in [-0.2, -0.15) is 0 Å². The van der Waals surface area contributed by atoms with Crippen molar-refractivity contribution in [2.45, 2.75) is 6.54 Å². The Kier molecular flexibility index (Phi) is 2.87. The van der Waals surface area contributed by atoms with Gasteiger partial charge in [-0.15, -0.1) is 0 Å². The van der Waals surface area contributed by atoms with Gasteiger partial charge in [0.05, 0.1) is 0 Å². The maximum Gasteiger partial charge on any atom is 0.130 e. The van der Waals surface area contributed by atoms with Crippen molar-refractivity contribution in [3.63, 3.8) is 0 Å². The van der Waals surface area contributed by atoms with E-state index in [4.69, 9.17) is 17.3 Å². The predicted molar refractivity (Wildman–Crippen MR) is 47.0 cm³/mol. The smallest absolute Gasteiger partial charge is 0.130 e. The fraction of sp³-hybridized carbons (Fsp3) is 0.143. The summed E-state index contributed by atoms with van der Waals surface area (Å²) in [5.41, 5.74) is 5.74. The monoisotopic (exact) mass is 237 g/mol. The van der Waals surface area contributed by atoms with Crippen LogP contribution in [0.1, 0.15) is 5.56 Å². The topological polar surface area (TPSA) is 26.0 Å². The molecule has 0 saturated carbocycles. The predicted octanol–water partition coefficient (Wildman–Crippen LogP) is 2.70. The van der Waals surface area contributed by atoms with Gasteiger partial charge in [0.25, 0.3) is 0 Å². The van der Waals surface area contributed by atoms with Crippen LogP contribution in [-0.2, 0) is 6.54 Å². The Morgan fingerprint density at radius 3 is 2.64 bits per heavy atom. The normalized spacial score (nSPS) is 10.2. The first kappa shape index (κ1) is 8.97. The average molecular weight is 238 g/mol. The molecule has 1 nitrogen and oxygen atoms in total. The van der Waals surface area contributed by atoms with Crippen LogP contribution < -0.4 is 5.73 Å². The Morgan fingerprint density at radius 2 is 2.18 bits per heavy atom. The van der Waals surface area contributed by atoms with Crippen LogP contribution in [0.5, 0.6) is 0 Å². The summed E-state index contributed by atoms with van der Waals surface area (Å²) >= 11 is 8.72. The molecule has 0 atom stereocenters. The molecule has 0 aromatic heterocycles. The molecule has 0 unspecified atom stereocenters. The first-order valence-electron chi connectivity index (χ1n) is 2.98. The lowest BCUT2D eigenvalue weighted by Gasteiger charge is -2.02. The van der Waals surface area contributed by atoms with Crippen LogP contribution in [0.2, 0.25) is 5.02 Å². The summed E-state index contributed by atoms with van der Waals surface area (Å²) in [6.45, 7) is 0.170. The van der Waals surface area contributed by atoms with Gasteiger partial charge in [0, 0.05) is 21.6 Å². The highest BCUT2D eigenvalue weighted by molar-refractivity contribution is 9.10. The van der Waals surface area contributed by atoms with E-state index in [1.54, 1.807) is 6.07 Å². The van der Waals surface area contributed by atoms with E-state index in [-0.39, 0.29) is 12.4 Å². The third-order valence-electron chi connectivity index (χ3n) is 1.31. The quantitative estimate of drug-likeness (QED) is 0.800. The molecule has 1 aromatic rings. The van der Waals surface area contributed by atoms with Crippen molar-refractivity contribution in [2.75, 3.05) is 0 Å². The van der Waals surface area contributed by atoms with Gasteiger partial charge in [-0.1, -0.05) is 27.5 Å². The minimum Gasteiger partial charge on any atom is -0.326 e. The third kappa shape index (κ3) is 1.92. The Hall–Kier alpha value is -0.120. The zero-order chi connectivity index (χ0) is 8.43. The van der Waals surface area contributed by atoms with Crippen molar-refractivity contribution in [3.05, 3.63) is 33.0 Å². The molecule has 0 fully saturated rings. The lowest BCUT2D eigenvalue weighted by molar-refractivity contribution is 0.609. The molecule has 2 N–H and O–H groups in total. The Morgan fingerprint density at radius 1 is 1.55 bits per heavy atom. The molecule has 0 heterocycles. The summed E-state index contributed by atoms with van der Waals surface area (Å²) in [6.07, 6.45) is 0. The second kappa shape index (κ2) is 3.52. The van der Waals surface area contributed by atoms with Crippen LogP contribution in [0, 0.1) is 5.82 Å². The maximum absolute atomic E-state index is 12.9. The Labute approximate surface area is 77.5 Å². The number of hydrogen-bond acceptors (Lipinski definition) is 1. The van der Waals surface area contributed by atoms with E-state index in [0.29, 0.717) is 15.1 Å². The molecule has 0 radical (unpaired) electrons. The highest BCUT2D eigenvalue weighted by atomic mass is 79.9. The first-order chi connectivity index (χ1) is 5.15. The lowest BCUT2D eigenvalue weighted by atomic mass is 10.2. The van der Waals surface area contributed by atoms with Crippen molar-refractivity contribution in [1.82, 2.24) is 0 Å². The van der Waals surface area contributed by atoms with Gasteiger partial charge in [-0.25, -0.2) is 4.39 Å². The summed E-state index contributed by atoms with van der Waals surface area (Å²) in [6, 6.07) is 2.86. The number of hydrogen-bond donors (Lipinski definition) is 1. The fourth-order valence-electron chi connectivity index (χ4n) is 0.767. The van der Waals surface area contributed by atoms with Gasteiger partial charge in [0.15, 0.2) is 0 Å². The molecule has 60 valence electrons. The van der Waals surface area contributed by atoms with Crippen molar-refractivity contribution in [3.8, 4) is 0 Å². The third-order valence-corrected chi connectivity index (χ3v) is 2.24. The van der Waals surface area contributed by atoms with Gasteiger partial charge in [-0.05, 0) is 12.1 Å². The van der Waals surface area contributed by atoms with Crippen molar-refractivity contribution >= 4 is 27.5 Å². The number of halogens is 3. The standard InChI is InChI=1S/C7H6BrClFN/c8-6-1-4(9)2-7(10)5(6)3-11/h1-2H,3,11H2. The highest BCUT2D eigenvalue weighted by Crippen LogP contribution is 2.24. The van der Waals surface area contributed by atoms with Gasteiger partial charge in [-0.3, -0.25) is 0 Å². The molecule has 0 aliphatic carbocycles. The SMILES string of the molecule is NCc1c(F)cc(Cl)cc1Br. The molecule has 0 amide bonds. The van der Waals surface area contributed by atoms with E-state index in [1.165, 1.54) is 6.07 Å². The fourth-order valence-corrected chi connectivity index (χ4v) is 1.70. The molecule has 0 aliphatic rings. The number of nitrogens with two attached hydrogens (primary N) is 1. The largest absolute Gasteiger partial charge is 0.326 e. The van der Waals surface area contributed by atoms with Gasteiger partial charge in [0.2, 0.25) is 0 Å². The van der Waals surface area contributed by atoms with Crippen LogP contribution in [-0.4, -0.2) is 0 Å². The summed E-state index contributed by atoms with van der Waals surface area (Å²) in [5, 5.41) is 0.367. The second-order valence-electron chi connectivity index (χ2n) is 2.05. The Balaban J connectivity index is 3.25. The molecular weight excluding hydrogens is 232 g/mol. The lowest BCUT2D eigenvalue weighted by Crippen LogP contribution is -2.00. The highest BCUT2D eigenvalue weighted by Gasteiger charge is 2.05. The second-order valence-corrected chi connectivity index (χ2v) is 3.34. The summed E-state index contributed by atoms with van der Waals surface area (Å²) in [5.74, 6) is -0.369. The maximum atomic E-state index is 12.9. The number of benzene rings is 1. The van der Waals surface area contributed by atoms with Crippen molar-refractivity contribution in [2.24, 2.45) is 5.73 Å². The van der Waals surface area contributed by atoms with Crippen LogP contribution >= 0.6 is 27.5 Å². The van der Waals surface area contributed by atoms with E-state index < -0.39 is 0 Å². The molecule has 0 spiro atoms. The average Bonchev–Trinajstić information content (AvgIpc) is 1.85. The van der Waals surface area contributed by atoms with Gasteiger partial charge < -0.3 is 5.73 Å². The molecule has 0 bridgehead atoms. The van der Waals surface area contributed by atoms with Gasteiger partial charge >= 0.3 is 0 Å². The zero-order valence-electron chi connectivity index (χ0n) is 5.57. The van der Waals surface area contributed by atoms with Crippen molar-refractivity contribution < 1.29 is 4.39 Å². The van der Waals surface area contributed by atoms with E-state index >= 15 is 0 Å². The molecule has 1 aromatic carbocycles. The minimum atomic E-state index is -0.369. The molecule has 11 heavy (non-hydrogen) atoms. The zero-order valence-corrected chi connectivity index (χ0v) is 7.91. The van der Waals surface area contributed by atoms with Crippen LogP contribution in [0.15, 0.2) is 16.6 Å². The summed E-state index contributed by atoms with van der Waals surface area (Å²) < 4.78 is 13.5. The molecule has 0 saturated heterocycles. The molecule has 0 aliphatic heterocycles. The molecule has 4 heteroatoms. The van der Waals surface area contributed by atoms with E-state index in [9.17, 15) is 4.39 Å². The van der Waals surface area contributed by atoms with Crippen LogP contribution in [0.25, 0.3) is 0 Å². The minimum absolute atomic E-state index is 0.170. The summed E-state index contributed by atoms with van der Waals surface area (Å²) in [7, 11) is 0. The Bertz CT molecular complexity index is 254. The van der Waals surface area contributed by atoms with Crippen LogP contribution in [0.4, 0.5) is 4.39 Å². The van der Waals surface area contributed by atoms with Gasteiger partial charge in [0.1, 0.15) is 5.82 Å². The summed E-state index contributed by atoms with van der Waals surface area (Å²) in [4.78, 5) is 0. The first-order valence-corrected chi connectivity index (χ1v) is 4.15. The van der Waals surface area contributed by atoms with E-state index in [0.717, 1.165) is 0 Å².